The van der Waals surface area contributed by atoms with E-state index in [0.717, 1.165) is 16.5 Å². The van der Waals surface area contributed by atoms with Crippen molar-refractivity contribution in [2.45, 2.75) is 6.92 Å². The van der Waals surface area contributed by atoms with Gasteiger partial charge in [0, 0.05) is 6.92 Å². The van der Waals surface area contributed by atoms with E-state index in [1.54, 1.807) is 0 Å². The first-order chi connectivity index (χ1) is 8.75. The Morgan fingerprint density at radius 1 is 1.17 bits per heavy atom. The highest BCUT2D eigenvalue weighted by atomic mass is 16.5. The first kappa shape index (κ1) is 12.0. The van der Waals surface area contributed by atoms with Crippen LogP contribution >= 0.6 is 0 Å². The summed E-state index contributed by atoms with van der Waals surface area (Å²) in [6.07, 6.45) is 2.27. The number of carbonyl (C=O) groups is 1. The topological polar surface area (TPSA) is 35.5 Å². The molecule has 0 heterocycles. The number of hydrogen-bond acceptors (Lipinski definition) is 3. The van der Waals surface area contributed by atoms with Crippen molar-refractivity contribution in [2.24, 2.45) is 0 Å². The standard InChI is InChI=1S/C15H12O3/c1-12(16)17-9-4-10-18-15-8-7-13-5-2-3-6-14(13)11-15/h2-3,5-8,11H,10H2,1H3. The van der Waals surface area contributed by atoms with Gasteiger partial charge in [-0.15, -0.1) is 0 Å². The Labute approximate surface area is 105 Å². The molecule has 0 radical (unpaired) electrons. The Morgan fingerprint density at radius 2 is 1.94 bits per heavy atom. The number of ether oxygens (including phenoxy) is 2. The summed E-state index contributed by atoms with van der Waals surface area (Å²) in [6, 6.07) is 13.9. The molecule has 0 spiro atoms. The third-order valence-electron chi connectivity index (χ3n) is 2.30. The third-order valence-corrected chi connectivity index (χ3v) is 2.30. The fourth-order valence-electron chi connectivity index (χ4n) is 1.51. The molecule has 0 aliphatic rings. The van der Waals surface area contributed by atoms with E-state index in [2.05, 4.69) is 16.8 Å². The molecule has 0 aliphatic carbocycles. The molecule has 0 N–H and O–H groups in total. The number of fused-ring (bicyclic) bond motifs is 1. The third kappa shape index (κ3) is 3.26. The molecule has 0 amide bonds. The van der Waals surface area contributed by atoms with Gasteiger partial charge in [0.1, 0.15) is 11.9 Å². The van der Waals surface area contributed by atoms with Gasteiger partial charge in [0.05, 0.1) is 0 Å². The summed E-state index contributed by atoms with van der Waals surface area (Å²) in [5.74, 6) is 2.92. The summed E-state index contributed by atoms with van der Waals surface area (Å²) < 4.78 is 9.90. The predicted octanol–water partition coefficient (Wildman–Crippen LogP) is 2.74. The van der Waals surface area contributed by atoms with E-state index in [1.165, 1.54) is 6.92 Å². The highest BCUT2D eigenvalue weighted by molar-refractivity contribution is 5.83. The van der Waals surface area contributed by atoms with E-state index < -0.39 is 5.97 Å². The van der Waals surface area contributed by atoms with Crippen LogP contribution in [0.3, 0.4) is 0 Å². The molecule has 0 unspecified atom stereocenters. The molecular formula is C15H12O3. The minimum atomic E-state index is -0.423. The maximum Gasteiger partial charge on any atom is 0.316 e. The number of benzene rings is 2. The van der Waals surface area contributed by atoms with Crippen molar-refractivity contribution >= 4 is 16.7 Å². The van der Waals surface area contributed by atoms with Gasteiger partial charge in [-0.25, -0.2) is 0 Å². The lowest BCUT2D eigenvalue weighted by Crippen LogP contribution is -1.95. The molecule has 2 aromatic carbocycles. The van der Waals surface area contributed by atoms with Crippen molar-refractivity contribution in [2.75, 3.05) is 6.61 Å². The van der Waals surface area contributed by atoms with Crippen LogP contribution < -0.4 is 4.74 Å². The summed E-state index contributed by atoms with van der Waals surface area (Å²) >= 11 is 0. The van der Waals surface area contributed by atoms with Gasteiger partial charge in [0.2, 0.25) is 0 Å². The Bertz CT molecular complexity index is 620. The summed E-state index contributed by atoms with van der Waals surface area (Å²) in [4.78, 5) is 10.5. The highest BCUT2D eigenvalue weighted by Gasteiger charge is 1.95. The number of esters is 1. The molecule has 0 saturated carbocycles. The lowest BCUT2D eigenvalue weighted by atomic mass is 10.1. The van der Waals surface area contributed by atoms with Gasteiger partial charge in [-0.05, 0) is 28.8 Å². The van der Waals surface area contributed by atoms with E-state index in [4.69, 9.17) is 4.74 Å². The maximum absolute atomic E-state index is 10.5. The molecule has 0 aliphatic heterocycles. The quantitative estimate of drug-likeness (QED) is 0.598. The van der Waals surface area contributed by atoms with E-state index in [0.29, 0.717) is 0 Å². The number of carbonyl (C=O) groups excluding carboxylic acids is 1. The fourth-order valence-corrected chi connectivity index (χ4v) is 1.51. The van der Waals surface area contributed by atoms with Crippen LogP contribution in [-0.2, 0) is 9.53 Å². The van der Waals surface area contributed by atoms with Crippen molar-refractivity contribution in [3.8, 4) is 17.8 Å². The summed E-state index contributed by atoms with van der Waals surface area (Å²) in [5, 5.41) is 2.28. The molecule has 3 heteroatoms. The van der Waals surface area contributed by atoms with Crippen LogP contribution in [0.2, 0.25) is 0 Å². The zero-order chi connectivity index (χ0) is 12.8. The van der Waals surface area contributed by atoms with E-state index in [-0.39, 0.29) is 6.61 Å². The van der Waals surface area contributed by atoms with Gasteiger partial charge >= 0.3 is 5.97 Å². The molecule has 0 bridgehead atoms. The van der Waals surface area contributed by atoms with Crippen LogP contribution in [0.15, 0.2) is 42.5 Å². The van der Waals surface area contributed by atoms with Crippen LogP contribution in [0.5, 0.6) is 5.75 Å². The second-order valence-corrected chi connectivity index (χ2v) is 3.67. The Kier molecular flexibility index (Phi) is 3.83. The minimum absolute atomic E-state index is 0.186. The van der Waals surface area contributed by atoms with Crippen LogP contribution in [0.4, 0.5) is 0 Å². The smallest absolute Gasteiger partial charge is 0.316 e. The molecule has 2 rings (SSSR count). The van der Waals surface area contributed by atoms with Crippen LogP contribution in [0, 0.1) is 12.0 Å². The average Bonchev–Trinajstić information content (AvgIpc) is 2.38. The normalized spacial score (nSPS) is 9.39. The zero-order valence-electron chi connectivity index (χ0n) is 9.97. The van der Waals surface area contributed by atoms with Gasteiger partial charge in [-0.1, -0.05) is 30.3 Å². The monoisotopic (exact) mass is 240 g/mol. The fraction of sp³-hybridized carbons (Fsp3) is 0.133. The molecule has 2 aromatic rings. The Hall–Kier alpha value is -2.47. The van der Waals surface area contributed by atoms with Crippen molar-refractivity contribution in [1.82, 2.24) is 0 Å². The van der Waals surface area contributed by atoms with E-state index in [9.17, 15) is 4.79 Å². The summed E-state index contributed by atoms with van der Waals surface area (Å²) in [6.45, 7) is 1.49. The van der Waals surface area contributed by atoms with Crippen LogP contribution in [0.25, 0.3) is 10.8 Å². The molecule has 90 valence electrons. The Morgan fingerprint density at radius 3 is 2.72 bits per heavy atom. The van der Waals surface area contributed by atoms with Crippen LogP contribution in [0.1, 0.15) is 6.92 Å². The highest BCUT2D eigenvalue weighted by Crippen LogP contribution is 2.20. The van der Waals surface area contributed by atoms with Gasteiger partial charge in [0.15, 0.2) is 6.61 Å². The summed E-state index contributed by atoms with van der Waals surface area (Å²) in [7, 11) is 0. The van der Waals surface area contributed by atoms with Crippen molar-refractivity contribution < 1.29 is 14.3 Å². The lowest BCUT2D eigenvalue weighted by molar-refractivity contribution is -0.134. The van der Waals surface area contributed by atoms with Gasteiger partial charge in [-0.3, -0.25) is 4.79 Å². The van der Waals surface area contributed by atoms with E-state index in [1.807, 2.05) is 42.5 Å². The largest absolute Gasteiger partial charge is 0.481 e. The first-order valence-corrected chi connectivity index (χ1v) is 5.52. The van der Waals surface area contributed by atoms with Crippen molar-refractivity contribution in [3.63, 3.8) is 0 Å². The van der Waals surface area contributed by atoms with Gasteiger partial charge < -0.3 is 9.47 Å². The molecule has 3 nitrogen and oxygen atoms in total. The molecular weight excluding hydrogens is 228 g/mol. The molecule has 0 atom stereocenters. The number of hydrogen-bond donors (Lipinski definition) is 0. The predicted molar refractivity (Wildman–Crippen MR) is 69.0 cm³/mol. The number of rotatable bonds is 2. The van der Waals surface area contributed by atoms with E-state index >= 15 is 0 Å². The summed E-state index contributed by atoms with van der Waals surface area (Å²) in [5.41, 5.74) is 0. The second kappa shape index (κ2) is 5.74. The lowest BCUT2D eigenvalue weighted by Gasteiger charge is -2.03. The zero-order valence-corrected chi connectivity index (χ0v) is 9.97. The molecule has 18 heavy (non-hydrogen) atoms. The van der Waals surface area contributed by atoms with Gasteiger partial charge in [0.25, 0.3) is 0 Å². The molecule has 0 saturated heterocycles. The average molecular weight is 240 g/mol. The SMILES string of the molecule is CC(=O)OC#CCOc1ccc2ccccc2c1. The second-order valence-electron chi connectivity index (χ2n) is 3.67. The van der Waals surface area contributed by atoms with Crippen molar-refractivity contribution in [1.29, 1.82) is 0 Å². The first-order valence-electron chi connectivity index (χ1n) is 5.52. The van der Waals surface area contributed by atoms with Gasteiger partial charge in [-0.2, -0.15) is 0 Å². The molecule has 0 aromatic heterocycles. The van der Waals surface area contributed by atoms with Crippen molar-refractivity contribution in [3.05, 3.63) is 42.5 Å². The van der Waals surface area contributed by atoms with Crippen LogP contribution in [-0.4, -0.2) is 12.6 Å². The maximum atomic E-state index is 10.5. The minimum Gasteiger partial charge on any atom is -0.481 e. The molecule has 0 fully saturated rings. The Balaban J connectivity index is 1.99.